The van der Waals surface area contributed by atoms with Gasteiger partial charge in [0.1, 0.15) is 22.9 Å². The van der Waals surface area contributed by atoms with Crippen molar-refractivity contribution < 1.29 is 23.1 Å². The van der Waals surface area contributed by atoms with Crippen LogP contribution in [0.1, 0.15) is 25.0 Å². The average Bonchev–Trinajstić information content (AvgIpc) is 2.83. The Morgan fingerprint density at radius 2 is 1.88 bits per heavy atom. The Morgan fingerprint density at radius 1 is 1.15 bits per heavy atom. The Labute approximate surface area is 149 Å². The molecule has 136 valence electrons. The molecule has 0 aromatic heterocycles. The standard InChI is InChI=1S/C19H18F2N2O3/c1-3-26-16-7-5-4-6-12(16)11-23-17(24)19(2,22-18(23)25)14-10-13(20)8-9-15(14)21/h4-10H,3,11H2,1-2H3,(H,22,25)/t19-/m0/s1. The van der Waals surface area contributed by atoms with Crippen LogP contribution in [0.25, 0.3) is 0 Å². The van der Waals surface area contributed by atoms with Crippen LogP contribution in [0.4, 0.5) is 13.6 Å². The maximum absolute atomic E-state index is 14.2. The molecular weight excluding hydrogens is 342 g/mol. The van der Waals surface area contributed by atoms with Crippen molar-refractivity contribution in [1.29, 1.82) is 0 Å². The lowest BCUT2D eigenvalue weighted by Gasteiger charge is -2.23. The molecule has 0 saturated carbocycles. The Morgan fingerprint density at radius 3 is 2.62 bits per heavy atom. The van der Waals surface area contributed by atoms with E-state index in [2.05, 4.69) is 5.32 Å². The molecule has 5 nitrogen and oxygen atoms in total. The van der Waals surface area contributed by atoms with Crippen molar-refractivity contribution in [2.45, 2.75) is 25.9 Å². The van der Waals surface area contributed by atoms with Crippen LogP contribution in [-0.2, 0) is 16.9 Å². The summed E-state index contributed by atoms with van der Waals surface area (Å²) >= 11 is 0. The first kappa shape index (κ1) is 17.8. The van der Waals surface area contributed by atoms with E-state index in [4.69, 9.17) is 4.74 Å². The number of hydrogen-bond donors (Lipinski definition) is 1. The van der Waals surface area contributed by atoms with E-state index in [1.54, 1.807) is 24.3 Å². The fourth-order valence-electron chi connectivity index (χ4n) is 3.00. The lowest BCUT2D eigenvalue weighted by atomic mass is 9.91. The predicted molar refractivity (Wildman–Crippen MR) is 90.4 cm³/mol. The van der Waals surface area contributed by atoms with Gasteiger partial charge in [0.15, 0.2) is 0 Å². The van der Waals surface area contributed by atoms with Crippen LogP contribution >= 0.6 is 0 Å². The van der Waals surface area contributed by atoms with Gasteiger partial charge < -0.3 is 10.1 Å². The highest BCUT2D eigenvalue weighted by Gasteiger charge is 2.50. The van der Waals surface area contributed by atoms with Crippen LogP contribution in [0.3, 0.4) is 0 Å². The monoisotopic (exact) mass is 360 g/mol. The minimum atomic E-state index is -1.68. The van der Waals surface area contributed by atoms with Crippen molar-refractivity contribution in [3.8, 4) is 5.75 Å². The largest absolute Gasteiger partial charge is 0.494 e. The van der Waals surface area contributed by atoms with E-state index in [1.165, 1.54) is 6.92 Å². The zero-order valence-electron chi connectivity index (χ0n) is 14.4. The molecule has 26 heavy (non-hydrogen) atoms. The second kappa shape index (κ2) is 6.74. The molecule has 0 aliphatic carbocycles. The van der Waals surface area contributed by atoms with E-state index >= 15 is 0 Å². The maximum atomic E-state index is 14.2. The van der Waals surface area contributed by atoms with E-state index in [0.717, 1.165) is 23.1 Å². The Hall–Kier alpha value is -2.96. The van der Waals surface area contributed by atoms with Crippen LogP contribution in [0, 0.1) is 11.6 Å². The lowest BCUT2D eigenvalue weighted by Crippen LogP contribution is -2.41. The van der Waals surface area contributed by atoms with Crippen LogP contribution in [0.2, 0.25) is 0 Å². The summed E-state index contributed by atoms with van der Waals surface area (Å²) in [4.78, 5) is 26.2. The molecule has 0 unspecified atom stereocenters. The molecule has 2 aromatic carbocycles. The Kier molecular flexibility index (Phi) is 4.63. The topological polar surface area (TPSA) is 58.6 Å². The number of carbonyl (C=O) groups excluding carboxylic acids is 2. The average molecular weight is 360 g/mol. The van der Waals surface area contributed by atoms with Gasteiger partial charge in [0.05, 0.1) is 13.2 Å². The maximum Gasteiger partial charge on any atom is 0.325 e. The van der Waals surface area contributed by atoms with Gasteiger partial charge in [-0.15, -0.1) is 0 Å². The first-order valence-corrected chi connectivity index (χ1v) is 8.17. The lowest BCUT2D eigenvalue weighted by molar-refractivity contribution is -0.131. The molecule has 1 aliphatic heterocycles. The minimum absolute atomic E-state index is 0.0344. The van der Waals surface area contributed by atoms with Gasteiger partial charge in [-0.2, -0.15) is 0 Å². The zero-order chi connectivity index (χ0) is 18.9. The molecule has 1 aliphatic rings. The van der Waals surface area contributed by atoms with E-state index in [1.807, 2.05) is 6.92 Å². The number of imide groups is 1. The third kappa shape index (κ3) is 3.00. The quantitative estimate of drug-likeness (QED) is 0.832. The second-order valence-corrected chi connectivity index (χ2v) is 6.11. The first-order chi connectivity index (χ1) is 12.4. The van der Waals surface area contributed by atoms with Crippen LogP contribution in [0.5, 0.6) is 5.75 Å². The number of para-hydroxylation sites is 1. The van der Waals surface area contributed by atoms with Crippen molar-refractivity contribution >= 4 is 11.9 Å². The summed E-state index contributed by atoms with van der Waals surface area (Å²) in [6, 6.07) is 9.17. The molecule has 0 radical (unpaired) electrons. The Bertz CT molecular complexity index is 872. The van der Waals surface area contributed by atoms with Gasteiger partial charge in [-0.25, -0.2) is 13.6 Å². The molecule has 7 heteroatoms. The summed E-state index contributed by atoms with van der Waals surface area (Å²) in [6.45, 7) is 3.59. The highest BCUT2D eigenvalue weighted by molar-refractivity contribution is 6.07. The summed E-state index contributed by atoms with van der Waals surface area (Å²) in [5.41, 5.74) is -1.25. The smallest absolute Gasteiger partial charge is 0.325 e. The fourth-order valence-corrected chi connectivity index (χ4v) is 3.00. The molecule has 3 amide bonds. The van der Waals surface area contributed by atoms with Gasteiger partial charge in [-0.3, -0.25) is 9.69 Å². The van der Waals surface area contributed by atoms with E-state index < -0.39 is 29.1 Å². The molecule has 2 aromatic rings. The van der Waals surface area contributed by atoms with Gasteiger partial charge in [0, 0.05) is 11.1 Å². The molecule has 1 fully saturated rings. The van der Waals surface area contributed by atoms with Crippen molar-refractivity contribution in [3.63, 3.8) is 0 Å². The highest BCUT2D eigenvalue weighted by Crippen LogP contribution is 2.33. The third-order valence-corrected chi connectivity index (χ3v) is 4.34. The minimum Gasteiger partial charge on any atom is -0.494 e. The van der Waals surface area contributed by atoms with Crippen LogP contribution in [-0.4, -0.2) is 23.4 Å². The van der Waals surface area contributed by atoms with E-state index in [9.17, 15) is 18.4 Å². The SMILES string of the molecule is CCOc1ccccc1CN1C(=O)N[C@@](C)(c2cc(F)ccc2F)C1=O. The van der Waals surface area contributed by atoms with Crippen molar-refractivity contribution in [2.75, 3.05) is 6.61 Å². The fraction of sp³-hybridized carbons (Fsp3) is 0.263. The Balaban J connectivity index is 1.94. The molecule has 0 spiro atoms. The van der Waals surface area contributed by atoms with Gasteiger partial charge in [0.2, 0.25) is 0 Å². The van der Waals surface area contributed by atoms with Crippen molar-refractivity contribution in [3.05, 3.63) is 65.2 Å². The summed E-state index contributed by atoms with van der Waals surface area (Å²) in [5.74, 6) is -1.55. The number of rotatable bonds is 5. The molecule has 0 bridgehead atoms. The van der Waals surface area contributed by atoms with Crippen LogP contribution in [0.15, 0.2) is 42.5 Å². The summed E-state index contributed by atoms with van der Waals surface area (Å²) in [6.07, 6.45) is 0. The molecular formula is C19H18F2N2O3. The molecule has 3 rings (SSSR count). The summed E-state index contributed by atoms with van der Waals surface area (Å²) < 4.78 is 33.2. The van der Waals surface area contributed by atoms with Crippen molar-refractivity contribution in [1.82, 2.24) is 10.2 Å². The molecule has 1 heterocycles. The van der Waals surface area contributed by atoms with E-state index in [0.29, 0.717) is 17.9 Å². The number of amides is 3. The number of carbonyl (C=O) groups is 2. The third-order valence-electron chi connectivity index (χ3n) is 4.34. The first-order valence-electron chi connectivity index (χ1n) is 8.17. The van der Waals surface area contributed by atoms with Gasteiger partial charge in [0.25, 0.3) is 5.91 Å². The molecule has 1 saturated heterocycles. The normalized spacial score (nSPS) is 19.6. The van der Waals surface area contributed by atoms with Crippen LogP contribution < -0.4 is 10.1 Å². The van der Waals surface area contributed by atoms with Crippen molar-refractivity contribution in [2.24, 2.45) is 0 Å². The second-order valence-electron chi connectivity index (χ2n) is 6.11. The number of nitrogens with one attached hydrogen (secondary N) is 1. The highest BCUT2D eigenvalue weighted by atomic mass is 19.1. The predicted octanol–water partition coefficient (Wildman–Crippen LogP) is 3.33. The number of benzene rings is 2. The number of nitrogens with zero attached hydrogens (tertiary/aromatic N) is 1. The van der Waals surface area contributed by atoms with E-state index in [-0.39, 0.29) is 12.1 Å². The van der Waals surface area contributed by atoms with Gasteiger partial charge in [-0.05, 0) is 38.1 Å². The zero-order valence-corrected chi connectivity index (χ0v) is 14.4. The summed E-state index contributed by atoms with van der Waals surface area (Å²) in [7, 11) is 0. The van der Waals surface area contributed by atoms with Gasteiger partial charge in [-0.1, -0.05) is 18.2 Å². The number of urea groups is 1. The number of ether oxygens (including phenoxy) is 1. The summed E-state index contributed by atoms with van der Waals surface area (Å²) in [5, 5.41) is 2.48. The molecule has 1 atom stereocenters. The number of halogens is 2. The van der Waals surface area contributed by atoms with Gasteiger partial charge >= 0.3 is 6.03 Å². The number of hydrogen-bond acceptors (Lipinski definition) is 3. The molecule has 1 N–H and O–H groups in total.